The van der Waals surface area contributed by atoms with Crippen LogP contribution in [0.3, 0.4) is 0 Å². The van der Waals surface area contributed by atoms with Gasteiger partial charge in [-0.05, 0) is 19.3 Å². The smallest absolute Gasteiger partial charge is 0.353 e. The number of carboxylic acid groups (broad SMARTS) is 1. The first-order chi connectivity index (χ1) is 17.8. The number of nitrogens with one attached hydrogen (secondary N) is 2. The summed E-state index contributed by atoms with van der Waals surface area (Å²) in [6, 6.07) is -1.09. The number of hydrogen-bond donors (Lipinski definition) is 4. The summed E-state index contributed by atoms with van der Waals surface area (Å²) in [6.07, 6.45) is -0.162. The highest BCUT2D eigenvalue weighted by atomic mass is 32.2. The van der Waals surface area contributed by atoms with Crippen molar-refractivity contribution in [2.75, 3.05) is 20.6 Å². The van der Waals surface area contributed by atoms with Gasteiger partial charge in [-0.25, -0.2) is 4.79 Å². The number of amides is 3. The Morgan fingerprint density at radius 1 is 1.16 bits per heavy atom. The molecule has 3 saturated heterocycles. The molecule has 0 aromatic heterocycles. The van der Waals surface area contributed by atoms with Crippen molar-refractivity contribution < 1.29 is 34.2 Å². The molecule has 4 aliphatic heterocycles. The molecule has 3 amide bonds. The lowest BCUT2D eigenvalue weighted by molar-refractivity contribution is -0.160. The van der Waals surface area contributed by atoms with E-state index in [1.54, 1.807) is 21.0 Å². The van der Waals surface area contributed by atoms with Gasteiger partial charge in [0.25, 0.3) is 0 Å². The van der Waals surface area contributed by atoms with E-state index in [1.165, 1.54) is 28.5 Å². The topological polar surface area (TPSA) is 156 Å². The summed E-state index contributed by atoms with van der Waals surface area (Å²) < 4.78 is 0. The van der Waals surface area contributed by atoms with Gasteiger partial charge in [-0.2, -0.15) is 0 Å². The minimum atomic E-state index is -1.15. The van der Waals surface area contributed by atoms with Crippen molar-refractivity contribution in [1.29, 1.82) is 0 Å². The molecule has 10 atom stereocenters. The van der Waals surface area contributed by atoms with E-state index in [1.807, 2.05) is 13.8 Å². The second-order valence-corrected chi connectivity index (χ2v) is 12.8. The first-order valence-corrected chi connectivity index (χ1v) is 14.1. The van der Waals surface area contributed by atoms with Crippen molar-refractivity contribution in [1.82, 2.24) is 20.4 Å². The average molecular weight is 551 g/mol. The monoisotopic (exact) mass is 550 g/mol. The lowest BCUT2D eigenvalue weighted by Gasteiger charge is -2.48. The maximum atomic E-state index is 13.2. The summed E-state index contributed by atoms with van der Waals surface area (Å²) in [6.45, 7) is 7.59. The molecule has 0 aromatic rings. The third-order valence-corrected chi connectivity index (χ3v) is 10.1. The molecule has 0 radical (unpaired) electrons. The molecule has 0 spiro atoms. The predicted molar refractivity (Wildman–Crippen MR) is 139 cm³/mol. The highest BCUT2D eigenvalue weighted by molar-refractivity contribution is 8.03. The van der Waals surface area contributed by atoms with Crippen LogP contribution in [0.4, 0.5) is 0 Å². The number of hydrogen-bond acceptors (Lipinski definition) is 8. The minimum Gasteiger partial charge on any atom is -0.477 e. The number of aliphatic carboxylic acids is 1. The minimum absolute atomic E-state index is 0.00218. The summed E-state index contributed by atoms with van der Waals surface area (Å²) in [5.41, 5.74) is 0.0139. The summed E-state index contributed by atoms with van der Waals surface area (Å²) in [5.74, 6) is -3.96. The molecule has 3 fully saturated rings. The Bertz CT molecular complexity index is 1080. The lowest BCUT2D eigenvalue weighted by atomic mass is 9.71. The van der Waals surface area contributed by atoms with Crippen molar-refractivity contribution in [3.8, 4) is 0 Å². The highest BCUT2D eigenvalue weighted by Gasteiger charge is 2.60. The summed E-state index contributed by atoms with van der Waals surface area (Å²) in [4.78, 5) is 66.3. The van der Waals surface area contributed by atoms with E-state index in [2.05, 4.69) is 10.6 Å². The van der Waals surface area contributed by atoms with Crippen molar-refractivity contribution in [2.24, 2.45) is 29.6 Å². The number of aliphatic hydroxyl groups excluding tert-OH is 1. The zero-order valence-electron chi connectivity index (χ0n) is 22.6. The summed E-state index contributed by atoms with van der Waals surface area (Å²) in [7, 11) is 3.40. The lowest BCUT2D eigenvalue weighted by Crippen LogP contribution is -2.65. The number of rotatable bonds is 10. The van der Waals surface area contributed by atoms with Crippen molar-refractivity contribution in [3.63, 3.8) is 0 Å². The molecule has 4 rings (SSSR count). The molecule has 4 heterocycles. The quantitative estimate of drug-likeness (QED) is 0.276. The SMILES string of the molecule is CC(O)C1C(=O)NC1[C@@H](C)C(=O)C[C@H](C)[C@H]1C(=O)N2C(C(=O)O)=C(S[C@@H]3CNC(C(=O)N(C)C)C3)[C@H](C)[C@H]12. The molecular weight excluding hydrogens is 512 g/mol. The van der Waals surface area contributed by atoms with Crippen LogP contribution in [-0.4, -0.2) is 99.6 Å². The second kappa shape index (κ2) is 10.6. The molecule has 4 N–H and O–H groups in total. The fourth-order valence-electron chi connectivity index (χ4n) is 6.44. The Morgan fingerprint density at radius 3 is 2.37 bits per heavy atom. The molecule has 0 saturated carbocycles. The van der Waals surface area contributed by atoms with Gasteiger partial charge in [0.15, 0.2) is 0 Å². The van der Waals surface area contributed by atoms with Crippen LogP contribution in [0.25, 0.3) is 0 Å². The van der Waals surface area contributed by atoms with Gasteiger partial charge in [0, 0.05) is 49.1 Å². The first-order valence-electron chi connectivity index (χ1n) is 13.2. The van der Waals surface area contributed by atoms with Gasteiger partial charge < -0.3 is 30.6 Å². The number of carboxylic acids is 1. The number of fused-ring (bicyclic) bond motifs is 1. The van der Waals surface area contributed by atoms with Crippen molar-refractivity contribution >= 4 is 41.2 Å². The van der Waals surface area contributed by atoms with Crippen LogP contribution in [0.5, 0.6) is 0 Å². The highest BCUT2D eigenvalue weighted by Crippen LogP contribution is 2.53. The Balaban J connectivity index is 1.42. The van der Waals surface area contributed by atoms with E-state index in [0.717, 1.165) is 0 Å². The molecule has 0 bridgehead atoms. The molecule has 0 aromatic carbocycles. The normalized spacial score (nSPS) is 34.6. The molecule has 4 unspecified atom stereocenters. The zero-order valence-corrected chi connectivity index (χ0v) is 23.4. The number of carbonyl (C=O) groups is 5. The fraction of sp³-hybridized carbons (Fsp3) is 0.731. The van der Waals surface area contributed by atoms with Gasteiger partial charge in [0.2, 0.25) is 17.7 Å². The number of aliphatic hydroxyl groups is 1. The first kappa shape index (κ1) is 28.6. The van der Waals surface area contributed by atoms with E-state index in [4.69, 9.17) is 0 Å². The third kappa shape index (κ3) is 4.75. The maximum absolute atomic E-state index is 13.2. The van der Waals surface area contributed by atoms with Crippen LogP contribution in [0.15, 0.2) is 10.6 Å². The molecule has 210 valence electrons. The number of likely N-dealkylation sites (N-methyl/N-ethyl adjacent to an activating group) is 1. The van der Waals surface area contributed by atoms with E-state index >= 15 is 0 Å². The van der Waals surface area contributed by atoms with Crippen molar-refractivity contribution in [2.45, 2.75) is 70.0 Å². The van der Waals surface area contributed by atoms with Gasteiger partial charge in [-0.15, -0.1) is 11.8 Å². The van der Waals surface area contributed by atoms with E-state index in [0.29, 0.717) is 17.9 Å². The Kier molecular flexibility index (Phi) is 7.98. The molecule has 11 nitrogen and oxygen atoms in total. The molecule has 38 heavy (non-hydrogen) atoms. The van der Waals surface area contributed by atoms with Gasteiger partial charge >= 0.3 is 5.97 Å². The number of carbonyl (C=O) groups excluding carboxylic acids is 4. The standard InChI is InChI=1S/C26H38N4O7S/c1-10(7-16(32)11(2)19-18(13(4)31)23(33)28-19)17-20-12(3)22(21(26(36)37)30(20)25(17)35)38-14-8-15(27-9-14)24(34)29(5)6/h10-15,17-20,27,31H,7-9H2,1-6H3,(H,28,33)(H,36,37)/t10-,11-,12+,13?,14-,15?,17+,18?,19?,20+/m0/s1. The Hall–Kier alpha value is -2.44. The van der Waals surface area contributed by atoms with Gasteiger partial charge in [0.1, 0.15) is 11.5 Å². The summed E-state index contributed by atoms with van der Waals surface area (Å²) >= 11 is 1.43. The zero-order chi connectivity index (χ0) is 28.2. The molecule has 12 heteroatoms. The largest absolute Gasteiger partial charge is 0.477 e. The van der Waals surface area contributed by atoms with Crippen LogP contribution in [-0.2, 0) is 24.0 Å². The summed E-state index contributed by atoms with van der Waals surface area (Å²) in [5, 5.41) is 25.8. The van der Waals surface area contributed by atoms with Crippen molar-refractivity contribution in [3.05, 3.63) is 10.6 Å². The number of Topliss-reactive ketones (excluding diaryl/α,β-unsaturated/α-hetero) is 1. The third-order valence-electron chi connectivity index (χ3n) is 8.62. The second-order valence-electron chi connectivity index (χ2n) is 11.4. The van der Waals surface area contributed by atoms with Gasteiger partial charge in [-0.3, -0.25) is 19.2 Å². The van der Waals surface area contributed by atoms with Crippen LogP contribution in [0.2, 0.25) is 0 Å². The molecule has 0 aliphatic carbocycles. The number of β-lactam (4-membered cyclic amide) rings is 2. The van der Waals surface area contributed by atoms with Crippen LogP contribution in [0, 0.1) is 29.6 Å². The van der Waals surface area contributed by atoms with Crippen LogP contribution < -0.4 is 10.6 Å². The van der Waals surface area contributed by atoms with E-state index < -0.39 is 35.9 Å². The molecular formula is C26H38N4O7S. The number of nitrogens with zero attached hydrogens (tertiary/aromatic N) is 2. The van der Waals surface area contributed by atoms with E-state index in [-0.39, 0.29) is 64.8 Å². The van der Waals surface area contributed by atoms with Crippen LogP contribution in [0.1, 0.15) is 40.5 Å². The molecule has 4 aliphatic rings. The number of ketones is 1. The number of thioether (sulfide) groups is 1. The average Bonchev–Trinajstić information content (AvgIpc) is 3.37. The van der Waals surface area contributed by atoms with Gasteiger partial charge in [-0.1, -0.05) is 20.8 Å². The maximum Gasteiger partial charge on any atom is 0.353 e. The van der Waals surface area contributed by atoms with Crippen LogP contribution >= 0.6 is 11.8 Å². The Morgan fingerprint density at radius 2 is 1.82 bits per heavy atom. The van der Waals surface area contributed by atoms with E-state index in [9.17, 15) is 34.2 Å². The predicted octanol–water partition coefficient (Wildman–Crippen LogP) is 0.0380. The fourth-order valence-corrected chi connectivity index (χ4v) is 7.92. The Labute approximate surface area is 226 Å². The van der Waals surface area contributed by atoms with Gasteiger partial charge in [0.05, 0.1) is 36.1 Å².